The molecule has 0 radical (unpaired) electrons. The van der Waals surface area contributed by atoms with E-state index in [-0.39, 0.29) is 46.3 Å². The number of sulfonamides is 1. The third kappa shape index (κ3) is 8.60. The summed E-state index contributed by atoms with van der Waals surface area (Å²) in [7, 11) is -2.83. The van der Waals surface area contributed by atoms with Gasteiger partial charge >= 0.3 is 0 Å². The summed E-state index contributed by atoms with van der Waals surface area (Å²) in [4.78, 5) is 29.9. The first kappa shape index (κ1) is 34.8. The van der Waals surface area contributed by atoms with E-state index in [9.17, 15) is 18.0 Å². The number of rotatable bonds is 14. The van der Waals surface area contributed by atoms with Gasteiger partial charge in [-0.15, -0.1) is 0 Å². The van der Waals surface area contributed by atoms with Gasteiger partial charge in [0.25, 0.3) is 10.0 Å². The van der Waals surface area contributed by atoms with Crippen molar-refractivity contribution in [1.29, 1.82) is 0 Å². The summed E-state index contributed by atoms with van der Waals surface area (Å²) in [6.45, 7) is 3.20. The Bertz CT molecular complexity index is 1740. The summed E-state index contributed by atoms with van der Waals surface area (Å²) in [5.74, 6) is -0.695. The highest BCUT2D eigenvalue weighted by atomic mass is 35.5. The van der Waals surface area contributed by atoms with E-state index in [1.54, 1.807) is 60.7 Å². The SMILES string of the molecule is CC[C@@H](C)NC(=O)[C@@H](Cc1ccccc1)N(Cc1ccc(Cl)c(Cl)c1)C(=O)CN(c1ccccc1OC)S(=O)(=O)c1ccccc1. The number of ether oxygens (including phenoxy) is 1. The Hall–Kier alpha value is -4.05. The number of methoxy groups -OCH3 is 1. The van der Waals surface area contributed by atoms with Crippen molar-refractivity contribution in [2.75, 3.05) is 18.0 Å². The Morgan fingerprint density at radius 3 is 2.11 bits per heavy atom. The van der Waals surface area contributed by atoms with E-state index in [1.807, 2.05) is 44.2 Å². The zero-order chi connectivity index (χ0) is 33.3. The molecule has 0 heterocycles. The van der Waals surface area contributed by atoms with Gasteiger partial charge in [0.15, 0.2) is 0 Å². The number of para-hydroxylation sites is 2. The van der Waals surface area contributed by atoms with Crippen molar-refractivity contribution in [1.82, 2.24) is 10.2 Å². The number of hydrogen-bond acceptors (Lipinski definition) is 5. The molecule has 4 aromatic carbocycles. The lowest BCUT2D eigenvalue weighted by atomic mass is 10.0. The number of hydrogen-bond donors (Lipinski definition) is 1. The summed E-state index contributed by atoms with van der Waals surface area (Å²) in [6, 6.07) is 27.6. The quantitative estimate of drug-likeness (QED) is 0.159. The van der Waals surface area contributed by atoms with Crippen molar-refractivity contribution in [3.63, 3.8) is 0 Å². The smallest absolute Gasteiger partial charge is 0.264 e. The minimum Gasteiger partial charge on any atom is -0.495 e. The van der Waals surface area contributed by atoms with Gasteiger partial charge in [-0.25, -0.2) is 8.42 Å². The van der Waals surface area contributed by atoms with E-state index in [2.05, 4.69) is 5.32 Å². The average molecular weight is 683 g/mol. The number of nitrogens with zero attached hydrogens (tertiary/aromatic N) is 2. The van der Waals surface area contributed by atoms with Crippen LogP contribution in [-0.2, 0) is 32.6 Å². The third-order valence-electron chi connectivity index (χ3n) is 7.57. The number of anilines is 1. The molecule has 0 saturated heterocycles. The van der Waals surface area contributed by atoms with Gasteiger partial charge in [0.05, 0.1) is 27.7 Å². The van der Waals surface area contributed by atoms with Crippen LogP contribution < -0.4 is 14.4 Å². The van der Waals surface area contributed by atoms with E-state index >= 15 is 0 Å². The van der Waals surface area contributed by atoms with E-state index in [0.717, 1.165) is 9.87 Å². The molecular weight excluding hydrogens is 645 g/mol. The van der Waals surface area contributed by atoms with E-state index in [1.165, 1.54) is 24.1 Å². The highest BCUT2D eigenvalue weighted by molar-refractivity contribution is 7.92. The molecule has 0 fully saturated rings. The Morgan fingerprint density at radius 1 is 0.848 bits per heavy atom. The summed E-state index contributed by atoms with van der Waals surface area (Å²) in [5.41, 5.74) is 1.63. The van der Waals surface area contributed by atoms with Crippen molar-refractivity contribution in [2.24, 2.45) is 0 Å². The van der Waals surface area contributed by atoms with Gasteiger partial charge in [-0.1, -0.05) is 96.9 Å². The molecule has 0 aliphatic heterocycles. The van der Waals surface area contributed by atoms with E-state index in [0.29, 0.717) is 17.0 Å². The second kappa shape index (κ2) is 16.0. The number of halogens is 2. The van der Waals surface area contributed by atoms with Gasteiger partial charge in [0.1, 0.15) is 18.3 Å². The molecule has 2 amide bonds. The molecule has 2 atom stereocenters. The molecule has 242 valence electrons. The molecule has 0 aromatic heterocycles. The number of carbonyl (C=O) groups is 2. The van der Waals surface area contributed by atoms with E-state index in [4.69, 9.17) is 27.9 Å². The zero-order valence-electron chi connectivity index (χ0n) is 25.9. The molecule has 4 aromatic rings. The summed E-state index contributed by atoms with van der Waals surface area (Å²) in [5, 5.41) is 3.65. The predicted octanol–water partition coefficient (Wildman–Crippen LogP) is 6.75. The first-order chi connectivity index (χ1) is 22.0. The Morgan fingerprint density at radius 2 is 1.48 bits per heavy atom. The van der Waals surface area contributed by atoms with Crippen molar-refractivity contribution >= 4 is 50.7 Å². The monoisotopic (exact) mass is 681 g/mol. The van der Waals surface area contributed by atoms with Gasteiger partial charge in [0, 0.05) is 19.0 Å². The van der Waals surface area contributed by atoms with Crippen LogP contribution in [0.2, 0.25) is 10.0 Å². The molecule has 0 bridgehead atoms. The molecule has 0 spiro atoms. The molecule has 4 rings (SSSR count). The Kier molecular flexibility index (Phi) is 12.1. The molecule has 11 heteroatoms. The minimum atomic E-state index is -4.26. The molecular formula is C35H37Cl2N3O5S. The van der Waals surface area contributed by atoms with E-state index < -0.39 is 28.5 Å². The maximum atomic E-state index is 14.6. The fourth-order valence-electron chi connectivity index (χ4n) is 4.90. The molecule has 0 aliphatic rings. The van der Waals surface area contributed by atoms with Gasteiger partial charge < -0.3 is 15.0 Å². The fraction of sp³-hybridized carbons (Fsp3) is 0.257. The van der Waals surface area contributed by atoms with Crippen molar-refractivity contribution < 1.29 is 22.7 Å². The first-order valence-electron chi connectivity index (χ1n) is 14.8. The maximum absolute atomic E-state index is 14.6. The number of nitrogens with one attached hydrogen (secondary N) is 1. The molecule has 1 N–H and O–H groups in total. The van der Waals surface area contributed by atoms with Gasteiger partial charge in [-0.05, 0) is 60.9 Å². The standard InChI is InChI=1S/C35H37Cl2N3O5S/c1-4-25(2)38-35(42)32(22-26-13-7-5-8-14-26)39(23-27-19-20-29(36)30(37)21-27)34(41)24-40(31-17-11-12-18-33(31)45-3)46(43,44)28-15-9-6-10-16-28/h5-21,25,32H,4,22-24H2,1-3H3,(H,38,42)/t25-,32-/m1/s1. The van der Waals surface area contributed by atoms with Crippen LogP contribution >= 0.6 is 23.2 Å². The van der Waals surface area contributed by atoms with Crippen LogP contribution in [0, 0.1) is 0 Å². The van der Waals surface area contributed by atoms with Crippen molar-refractivity contribution in [3.05, 3.63) is 124 Å². The maximum Gasteiger partial charge on any atom is 0.264 e. The summed E-state index contributed by atoms with van der Waals surface area (Å²) >= 11 is 12.5. The van der Waals surface area contributed by atoms with Crippen LogP contribution in [-0.4, -0.2) is 50.9 Å². The van der Waals surface area contributed by atoms with Crippen LogP contribution in [0.3, 0.4) is 0 Å². The molecule has 46 heavy (non-hydrogen) atoms. The van der Waals surface area contributed by atoms with Gasteiger partial charge in [0.2, 0.25) is 11.8 Å². The fourth-order valence-corrected chi connectivity index (χ4v) is 6.66. The minimum absolute atomic E-state index is 0.0000818. The van der Waals surface area contributed by atoms with Crippen LogP contribution in [0.25, 0.3) is 0 Å². The molecule has 0 aliphatic carbocycles. The number of benzene rings is 4. The van der Waals surface area contributed by atoms with Crippen molar-refractivity contribution in [2.45, 2.75) is 50.2 Å². The molecule has 0 saturated carbocycles. The lowest BCUT2D eigenvalue weighted by Gasteiger charge is -2.34. The highest BCUT2D eigenvalue weighted by Crippen LogP contribution is 2.33. The first-order valence-corrected chi connectivity index (χ1v) is 17.0. The topological polar surface area (TPSA) is 96.0 Å². The lowest BCUT2D eigenvalue weighted by Crippen LogP contribution is -2.54. The molecule has 0 unspecified atom stereocenters. The van der Waals surface area contributed by atoms with Crippen LogP contribution in [0.1, 0.15) is 31.4 Å². The van der Waals surface area contributed by atoms with Crippen LogP contribution in [0.4, 0.5) is 5.69 Å². The second-order valence-corrected chi connectivity index (χ2v) is 13.5. The largest absolute Gasteiger partial charge is 0.495 e. The normalized spacial score (nSPS) is 12.5. The van der Waals surface area contributed by atoms with Crippen LogP contribution in [0.5, 0.6) is 5.75 Å². The summed E-state index contributed by atoms with van der Waals surface area (Å²) in [6.07, 6.45) is 0.873. The average Bonchev–Trinajstić information content (AvgIpc) is 3.07. The van der Waals surface area contributed by atoms with Gasteiger partial charge in [-0.3, -0.25) is 13.9 Å². The number of carbonyl (C=O) groups excluding carboxylic acids is 2. The lowest BCUT2D eigenvalue weighted by molar-refractivity contribution is -0.140. The summed E-state index contributed by atoms with van der Waals surface area (Å²) < 4.78 is 34.9. The van der Waals surface area contributed by atoms with Crippen molar-refractivity contribution in [3.8, 4) is 5.75 Å². The number of amides is 2. The zero-order valence-corrected chi connectivity index (χ0v) is 28.2. The Labute approximate surface area is 280 Å². The molecule has 8 nitrogen and oxygen atoms in total. The Balaban J connectivity index is 1.84. The predicted molar refractivity (Wildman–Crippen MR) is 183 cm³/mol. The highest BCUT2D eigenvalue weighted by Gasteiger charge is 2.35. The second-order valence-electron chi connectivity index (χ2n) is 10.8. The third-order valence-corrected chi connectivity index (χ3v) is 10.1. The van der Waals surface area contributed by atoms with Crippen LogP contribution in [0.15, 0.2) is 108 Å². The van der Waals surface area contributed by atoms with Gasteiger partial charge in [-0.2, -0.15) is 0 Å².